The summed E-state index contributed by atoms with van der Waals surface area (Å²) in [5.74, 6) is 0.419. The van der Waals surface area contributed by atoms with Gasteiger partial charge in [-0.15, -0.1) is 0 Å². The van der Waals surface area contributed by atoms with E-state index in [4.69, 9.17) is 13.9 Å². The van der Waals surface area contributed by atoms with E-state index < -0.39 is 11.9 Å². The Bertz CT molecular complexity index is 1480. The highest BCUT2D eigenvalue weighted by atomic mass is 79.9. The topological polar surface area (TPSA) is 89.2 Å². The highest BCUT2D eigenvalue weighted by molar-refractivity contribution is 9.10. The molecule has 3 aromatic carbocycles. The summed E-state index contributed by atoms with van der Waals surface area (Å²) in [6.45, 7) is 2.41. The van der Waals surface area contributed by atoms with Gasteiger partial charge in [-0.25, -0.2) is 0 Å². The molecule has 2 heterocycles. The number of amides is 1. The van der Waals surface area contributed by atoms with Gasteiger partial charge in [0.15, 0.2) is 16.9 Å². The standard InChI is InChI=1S/C26H20BrNO6/c1-3-33-17-8-6-16(7-9-17)28-23(14-4-10-19(29)21(12-14)32-2)22-24(30)18-13-15(27)5-11-20(18)34-25(22)26(28)31/h4-13,23,29H,3H2,1-2H3. The van der Waals surface area contributed by atoms with Gasteiger partial charge in [-0.1, -0.05) is 22.0 Å². The van der Waals surface area contributed by atoms with Crippen molar-refractivity contribution in [2.24, 2.45) is 0 Å². The molecule has 1 N–H and O–H groups in total. The maximum absolute atomic E-state index is 13.7. The van der Waals surface area contributed by atoms with Crippen molar-refractivity contribution in [1.82, 2.24) is 0 Å². The Morgan fingerprint density at radius 1 is 1.06 bits per heavy atom. The van der Waals surface area contributed by atoms with Crippen molar-refractivity contribution in [2.45, 2.75) is 13.0 Å². The average Bonchev–Trinajstić information content (AvgIpc) is 3.13. The van der Waals surface area contributed by atoms with Crippen LogP contribution in [0.3, 0.4) is 0 Å². The molecule has 0 bridgehead atoms. The summed E-state index contributed by atoms with van der Waals surface area (Å²) >= 11 is 3.40. The summed E-state index contributed by atoms with van der Waals surface area (Å²) < 4.78 is 17.5. The van der Waals surface area contributed by atoms with Gasteiger partial charge in [0.2, 0.25) is 5.76 Å². The van der Waals surface area contributed by atoms with Crippen LogP contribution in [-0.2, 0) is 0 Å². The molecular weight excluding hydrogens is 502 g/mol. The van der Waals surface area contributed by atoms with Crippen LogP contribution in [0, 0.1) is 0 Å². The van der Waals surface area contributed by atoms with E-state index in [0.29, 0.717) is 34.6 Å². The largest absolute Gasteiger partial charge is 0.504 e. The van der Waals surface area contributed by atoms with Gasteiger partial charge in [0.1, 0.15) is 11.3 Å². The summed E-state index contributed by atoms with van der Waals surface area (Å²) in [6, 6.07) is 16.1. The lowest BCUT2D eigenvalue weighted by molar-refractivity contribution is 0.0971. The molecule has 34 heavy (non-hydrogen) atoms. The molecule has 1 unspecified atom stereocenters. The van der Waals surface area contributed by atoms with Crippen molar-refractivity contribution in [1.29, 1.82) is 0 Å². The van der Waals surface area contributed by atoms with Crippen LogP contribution in [0.1, 0.15) is 34.6 Å². The van der Waals surface area contributed by atoms with Crippen LogP contribution in [0.2, 0.25) is 0 Å². The first-order valence-electron chi connectivity index (χ1n) is 10.6. The third-order valence-electron chi connectivity index (χ3n) is 5.78. The number of fused-ring (bicyclic) bond motifs is 2. The first-order chi connectivity index (χ1) is 16.4. The number of methoxy groups -OCH3 is 1. The lowest BCUT2D eigenvalue weighted by Gasteiger charge is -2.25. The molecule has 1 amide bonds. The molecule has 0 saturated carbocycles. The predicted molar refractivity (Wildman–Crippen MR) is 131 cm³/mol. The van der Waals surface area contributed by atoms with Gasteiger partial charge in [0.25, 0.3) is 5.91 Å². The molecule has 1 aliphatic heterocycles. The quantitative estimate of drug-likeness (QED) is 0.377. The summed E-state index contributed by atoms with van der Waals surface area (Å²) in [5.41, 5.74) is 1.43. The second-order valence-electron chi connectivity index (χ2n) is 7.75. The normalized spacial score (nSPS) is 15.0. The van der Waals surface area contributed by atoms with Crippen LogP contribution >= 0.6 is 15.9 Å². The summed E-state index contributed by atoms with van der Waals surface area (Å²) in [6.07, 6.45) is 0. The molecule has 172 valence electrons. The number of benzene rings is 3. The number of ether oxygens (including phenoxy) is 2. The Morgan fingerprint density at radius 2 is 1.82 bits per heavy atom. The Labute approximate surface area is 203 Å². The molecule has 0 fully saturated rings. The third-order valence-corrected chi connectivity index (χ3v) is 6.27. The van der Waals surface area contributed by atoms with Crippen molar-refractivity contribution < 1.29 is 23.8 Å². The Hall–Kier alpha value is -3.78. The van der Waals surface area contributed by atoms with Crippen molar-refractivity contribution >= 4 is 38.5 Å². The number of hydrogen-bond donors (Lipinski definition) is 1. The SMILES string of the molecule is CCOc1ccc(N2C(=O)c3oc4ccc(Br)cc4c(=O)c3C2c2ccc(O)c(OC)c2)cc1. The molecule has 0 radical (unpaired) electrons. The number of phenolic OH excluding ortho intramolecular Hbond substituents is 1. The number of rotatable bonds is 5. The number of carbonyl (C=O) groups is 1. The first-order valence-corrected chi connectivity index (χ1v) is 11.4. The zero-order valence-electron chi connectivity index (χ0n) is 18.4. The molecule has 8 heteroatoms. The molecule has 5 rings (SSSR count). The van der Waals surface area contributed by atoms with Crippen molar-refractivity contribution in [2.75, 3.05) is 18.6 Å². The minimum atomic E-state index is -0.783. The predicted octanol–water partition coefficient (Wildman–Crippen LogP) is 5.42. The van der Waals surface area contributed by atoms with E-state index in [1.165, 1.54) is 18.1 Å². The Morgan fingerprint density at radius 3 is 2.53 bits per heavy atom. The highest BCUT2D eigenvalue weighted by Gasteiger charge is 2.44. The summed E-state index contributed by atoms with van der Waals surface area (Å²) in [4.78, 5) is 28.8. The molecule has 7 nitrogen and oxygen atoms in total. The fourth-order valence-corrected chi connectivity index (χ4v) is 4.62. The number of anilines is 1. The maximum Gasteiger partial charge on any atom is 0.295 e. The molecule has 0 aliphatic carbocycles. The van der Waals surface area contributed by atoms with Crippen LogP contribution in [0.25, 0.3) is 11.0 Å². The number of nitrogens with zero attached hydrogens (tertiary/aromatic N) is 1. The molecule has 4 aromatic rings. The second-order valence-corrected chi connectivity index (χ2v) is 8.67. The van der Waals surface area contributed by atoms with E-state index in [2.05, 4.69) is 15.9 Å². The monoisotopic (exact) mass is 521 g/mol. The second kappa shape index (κ2) is 8.53. The van der Waals surface area contributed by atoms with E-state index in [9.17, 15) is 14.7 Å². The average molecular weight is 522 g/mol. The number of halogens is 1. The molecular formula is C26H20BrNO6. The van der Waals surface area contributed by atoms with Crippen molar-refractivity contribution in [3.8, 4) is 17.2 Å². The van der Waals surface area contributed by atoms with E-state index in [-0.39, 0.29) is 28.3 Å². The van der Waals surface area contributed by atoms with Gasteiger partial charge in [0, 0.05) is 10.2 Å². The number of phenols is 1. The van der Waals surface area contributed by atoms with Gasteiger partial charge in [-0.05, 0) is 67.1 Å². The zero-order chi connectivity index (χ0) is 24.0. The lowest BCUT2D eigenvalue weighted by atomic mass is 9.97. The molecule has 1 aliphatic rings. The Kier molecular flexibility index (Phi) is 5.53. The fraction of sp³-hybridized carbons (Fsp3) is 0.154. The first kappa shape index (κ1) is 22.0. The van der Waals surface area contributed by atoms with Gasteiger partial charge in [-0.3, -0.25) is 14.5 Å². The molecule has 1 aromatic heterocycles. The minimum Gasteiger partial charge on any atom is -0.504 e. The van der Waals surface area contributed by atoms with Gasteiger partial charge in [-0.2, -0.15) is 0 Å². The highest BCUT2D eigenvalue weighted by Crippen LogP contribution is 2.43. The van der Waals surface area contributed by atoms with Crippen molar-refractivity contribution in [3.63, 3.8) is 0 Å². The number of hydrogen-bond acceptors (Lipinski definition) is 6. The number of aromatic hydroxyl groups is 1. The smallest absolute Gasteiger partial charge is 0.295 e. The van der Waals surface area contributed by atoms with E-state index in [0.717, 1.165) is 4.47 Å². The fourth-order valence-electron chi connectivity index (χ4n) is 4.26. The van der Waals surface area contributed by atoms with Crippen LogP contribution in [0.5, 0.6) is 17.2 Å². The maximum atomic E-state index is 13.7. The minimum absolute atomic E-state index is 0.00857. The van der Waals surface area contributed by atoms with Crippen LogP contribution in [0.15, 0.2) is 74.3 Å². The summed E-state index contributed by atoms with van der Waals surface area (Å²) in [5, 5.41) is 10.5. The van der Waals surface area contributed by atoms with Gasteiger partial charge < -0.3 is 19.0 Å². The van der Waals surface area contributed by atoms with Crippen LogP contribution in [-0.4, -0.2) is 24.7 Å². The molecule has 0 spiro atoms. The molecule has 1 atom stereocenters. The third kappa shape index (κ3) is 3.51. The van der Waals surface area contributed by atoms with Gasteiger partial charge >= 0.3 is 0 Å². The van der Waals surface area contributed by atoms with E-state index >= 15 is 0 Å². The zero-order valence-corrected chi connectivity index (χ0v) is 20.0. The molecule has 0 saturated heterocycles. The van der Waals surface area contributed by atoms with E-state index in [1.807, 2.05) is 6.92 Å². The van der Waals surface area contributed by atoms with E-state index in [1.54, 1.807) is 54.6 Å². The van der Waals surface area contributed by atoms with Gasteiger partial charge in [0.05, 0.1) is 30.7 Å². The summed E-state index contributed by atoms with van der Waals surface area (Å²) in [7, 11) is 1.44. The van der Waals surface area contributed by atoms with Crippen molar-refractivity contribution in [3.05, 3.63) is 92.2 Å². The van der Waals surface area contributed by atoms with Crippen LogP contribution < -0.4 is 19.8 Å². The number of carbonyl (C=O) groups excluding carboxylic acids is 1. The Balaban J connectivity index is 1.76. The lowest BCUT2D eigenvalue weighted by Crippen LogP contribution is -2.29. The van der Waals surface area contributed by atoms with Crippen LogP contribution in [0.4, 0.5) is 5.69 Å².